The van der Waals surface area contributed by atoms with Crippen molar-refractivity contribution in [1.82, 2.24) is 0 Å². The number of aliphatic hydroxyl groups is 3. The van der Waals surface area contributed by atoms with Crippen molar-refractivity contribution in [2.24, 2.45) is 34.5 Å². The van der Waals surface area contributed by atoms with Crippen molar-refractivity contribution in [3.63, 3.8) is 0 Å². The van der Waals surface area contributed by atoms with Gasteiger partial charge in [0.25, 0.3) is 0 Å². The maximum Gasteiger partial charge on any atom is 0.308 e. The fraction of sp³-hybridized carbons (Fsp3) is 0.967. The second-order valence-corrected chi connectivity index (χ2v) is 14.3. The summed E-state index contributed by atoms with van der Waals surface area (Å²) in [6.45, 7) is 5.11. The Morgan fingerprint density at radius 2 is 1.79 bits per heavy atom. The molecular formula is C30H46O9. The van der Waals surface area contributed by atoms with Gasteiger partial charge in [0.15, 0.2) is 6.29 Å². The van der Waals surface area contributed by atoms with Crippen LogP contribution in [0.3, 0.4) is 0 Å². The third kappa shape index (κ3) is 3.59. The first-order valence-electron chi connectivity index (χ1n) is 15.3. The molecule has 0 aromatic rings. The SMILES string of the molecule is CO[C@H]1[C@H](O)[C@H](O[C@H]2CC[C@@]3(C)[C@H](CC[C@@H]4[C@@H]3CC[C@]35CO[C@]6(COC(=O)C6)[C@H]3CC[C@]45O)C2)O[C@@H](C)[C@@H]1O. The van der Waals surface area contributed by atoms with Crippen LogP contribution in [-0.2, 0) is 28.5 Å². The normalized spacial score (nSPS) is 58.5. The second-order valence-electron chi connectivity index (χ2n) is 14.3. The summed E-state index contributed by atoms with van der Waals surface area (Å²) in [5.74, 6) is 1.21. The van der Waals surface area contributed by atoms with E-state index in [1.54, 1.807) is 6.92 Å². The molecular weight excluding hydrogens is 504 g/mol. The van der Waals surface area contributed by atoms with Crippen molar-refractivity contribution < 1.29 is 43.8 Å². The molecule has 0 bridgehead atoms. The molecule has 3 aliphatic heterocycles. The van der Waals surface area contributed by atoms with Crippen LogP contribution in [0.1, 0.15) is 78.1 Å². The van der Waals surface area contributed by atoms with Gasteiger partial charge in [0.05, 0.1) is 30.8 Å². The van der Waals surface area contributed by atoms with Crippen molar-refractivity contribution in [3.8, 4) is 0 Å². The average Bonchev–Trinajstić information content (AvgIpc) is 3.54. The number of ether oxygens (including phenoxy) is 5. The smallest absolute Gasteiger partial charge is 0.308 e. The lowest BCUT2D eigenvalue weighted by Gasteiger charge is -2.63. The lowest BCUT2D eigenvalue weighted by molar-refractivity contribution is -0.313. The highest BCUT2D eigenvalue weighted by Gasteiger charge is 2.76. The number of fused-ring (bicyclic) bond motifs is 5. The van der Waals surface area contributed by atoms with E-state index in [-0.39, 0.29) is 34.7 Å². The number of aliphatic hydroxyl groups excluding tert-OH is 2. The molecule has 3 heterocycles. The van der Waals surface area contributed by atoms with Gasteiger partial charge in [-0.05, 0) is 87.9 Å². The van der Waals surface area contributed by atoms with Gasteiger partial charge in [0.2, 0.25) is 0 Å². The molecule has 4 saturated carbocycles. The van der Waals surface area contributed by atoms with E-state index in [1.165, 1.54) is 7.11 Å². The first-order valence-corrected chi connectivity index (χ1v) is 15.3. The Hall–Kier alpha value is -0.810. The summed E-state index contributed by atoms with van der Waals surface area (Å²) in [6, 6.07) is 0. The Bertz CT molecular complexity index is 991. The van der Waals surface area contributed by atoms with E-state index in [2.05, 4.69) is 6.92 Å². The van der Waals surface area contributed by atoms with E-state index in [0.29, 0.717) is 31.5 Å². The monoisotopic (exact) mass is 550 g/mol. The molecule has 0 radical (unpaired) electrons. The number of methoxy groups -OCH3 is 1. The number of cyclic esters (lactones) is 1. The summed E-state index contributed by atoms with van der Waals surface area (Å²) in [5.41, 5.74) is -1.42. The molecule has 0 amide bonds. The Morgan fingerprint density at radius 3 is 2.54 bits per heavy atom. The molecule has 7 rings (SSSR count). The summed E-state index contributed by atoms with van der Waals surface area (Å²) in [7, 11) is 1.49. The van der Waals surface area contributed by atoms with Crippen molar-refractivity contribution in [2.45, 2.75) is 126 Å². The van der Waals surface area contributed by atoms with Gasteiger partial charge in [-0.1, -0.05) is 6.92 Å². The molecule has 9 nitrogen and oxygen atoms in total. The van der Waals surface area contributed by atoms with E-state index >= 15 is 0 Å². The van der Waals surface area contributed by atoms with Crippen LogP contribution >= 0.6 is 0 Å². The predicted octanol–water partition coefficient (Wildman–Crippen LogP) is 2.32. The van der Waals surface area contributed by atoms with Crippen LogP contribution in [0.5, 0.6) is 0 Å². The molecule has 220 valence electrons. The van der Waals surface area contributed by atoms with Crippen LogP contribution in [0.15, 0.2) is 0 Å². The number of carbonyl (C=O) groups is 1. The predicted molar refractivity (Wildman–Crippen MR) is 137 cm³/mol. The molecule has 39 heavy (non-hydrogen) atoms. The van der Waals surface area contributed by atoms with Crippen molar-refractivity contribution in [3.05, 3.63) is 0 Å². The summed E-state index contributed by atoms with van der Waals surface area (Å²) < 4.78 is 29.4. The highest BCUT2D eigenvalue weighted by Crippen LogP contribution is 2.73. The fourth-order valence-electron chi connectivity index (χ4n) is 11.0. The number of rotatable bonds is 3. The van der Waals surface area contributed by atoms with Gasteiger partial charge in [-0.3, -0.25) is 4.79 Å². The number of esters is 1. The van der Waals surface area contributed by atoms with E-state index in [4.69, 9.17) is 23.7 Å². The molecule has 4 aliphatic carbocycles. The highest BCUT2D eigenvalue weighted by atomic mass is 16.7. The van der Waals surface area contributed by atoms with Gasteiger partial charge in [0, 0.05) is 18.4 Å². The first kappa shape index (κ1) is 27.0. The van der Waals surface area contributed by atoms with E-state index in [0.717, 1.165) is 57.8 Å². The molecule has 7 fully saturated rings. The zero-order chi connectivity index (χ0) is 27.4. The van der Waals surface area contributed by atoms with Crippen LogP contribution in [0.4, 0.5) is 0 Å². The minimum Gasteiger partial charge on any atom is -0.462 e. The Balaban J connectivity index is 1.06. The van der Waals surface area contributed by atoms with Gasteiger partial charge in [-0.25, -0.2) is 0 Å². The minimum absolute atomic E-state index is 0.0175. The Labute approximate surface area is 230 Å². The Kier molecular flexibility index (Phi) is 6.31. The van der Waals surface area contributed by atoms with Crippen molar-refractivity contribution >= 4 is 5.97 Å². The molecule has 0 aromatic heterocycles. The number of hydrogen-bond donors (Lipinski definition) is 3. The van der Waals surface area contributed by atoms with Crippen molar-refractivity contribution in [1.29, 1.82) is 0 Å². The molecule has 2 spiro atoms. The lowest BCUT2D eigenvalue weighted by atomic mass is 9.43. The maximum absolute atomic E-state index is 12.6. The average molecular weight is 551 g/mol. The first-order chi connectivity index (χ1) is 18.6. The minimum atomic E-state index is -1.04. The van der Waals surface area contributed by atoms with Gasteiger partial charge >= 0.3 is 5.97 Å². The molecule has 3 saturated heterocycles. The summed E-state index contributed by atoms with van der Waals surface area (Å²) in [4.78, 5) is 12.1. The van der Waals surface area contributed by atoms with Crippen LogP contribution in [-0.4, -0.2) is 89.6 Å². The highest BCUT2D eigenvalue weighted by molar-refractivity contribution is 5.73. The molecule has 3 N–H and O–H groups in total. The van der Waals surface area contributed by atoms with Gasteiger partial charge in [0.1, 0.15) is 30.5 Å². The molecule has 0 unspecified atom stereocenters. The third-order valence-corrected chi connectivity index (χ3v) is 13.1. The largest absolute Gasteiger partial charge is 0.462 e. The number of carbonyl (C=O) groups excluding carboxylic acids is 1. The summed E-state index contributed by atoms with van der Waals surface area (Å²) >= 11 is 0. The van der Waals surface area contributed by atoms with Crippen LogP contribution in [0, 0.1) is 34.5 Å². The second kappa shape index (κ2) is 9.09. The summed E-state index contributed by atoms with van der Waals surface area (Å²) in [6.07, 6.45) is 4.97. The zero-order valence-electron chi connectivity index (χ0n) is 23.5. The topological polar surface area (TPSA) is 124 Å². The van der Waals surface area contributed by atoms with Crippen LogP contribution in [0.2, 0.25) is 0 Å². The standard InChI is InChI=1S/C30H46O9/c1-16-23(32)25(35-3)24(33)26(38-16)39-18-6-9-27(2)17(12-18)4-5-20-19(27)7-10-28-14-37-29(13-22(31)36-15-29)21(28)8-11-30(20,28)34/h16-21,23-26,32-34H,4-15H2,1-3H3/t16-,17+,18-,19-,20+,21-,23-,24-,25+,26-,27-,28-,29+,30-/m0/s1. The van der Waals surface area contributed by atoms with Crippen LogP contribution in [0.25, 0.3) is 0 Å². The molecule has 7 aliphatic rings. The van der Waals surface area contributed by atoms with E-state index in [9.17, 15) is 20.1 Å². The number of hydrogen-bond acceptors (Lipinski definition) is 9. The maximum atomic E-state index is 12.6. The molecule has 0 aromatic carbocycles. The van der Waals surface area contributed by atoms with Gasteiger partial charge in [-0.2, -0.15) is 0 Å². The third-order valence-electron chi connectivity index (χ3n) is 13.1. The fourth-order valence-corrected chi connectivity index (χ4v) is 11.0. The van der Waals surface area contributed by atoms with Gasteiger partial charge < -0.3 is 39.0 Å². The van der Waals surface area contributed by atoms with Crippen LogP contribution < -0.4 is 0 Å². The lowest BCUT2D eigenvalue weighted by Crippen LogP contribution is -2.64. The zero-order valence-corrected chi connectivity index (χ0v) is 23.5. The molecule has 14 atom stereocenters. The molecule has 9 heteroatoms. The van der Waals surface area contributed by atoms with Crippen molar-refractivity contribution in [2.75, 3.05) is 20.3 Å². The van der Waals surface area contributed by atoms with Gasteiger partial charge in [-0.15, -0.1) is 0 Å². The summed E-state index contributed by atoms with van der Waals surface area (Å²) in [5, 5.41) is 33.7. The quantitative estimate of drug-likeness (QED) is 0.359. The van der Waals surface area contributed by atoms with E-state index < -0.39 is 41.9 Å². The van der Waals surface area contributed by atoms with E-state index in [1.807, 2.05) is 0 Å². The Morgan fingerprint density at radius 1 is 0.974 bits per heavy atom.